The third kappa shape index (κ3) is 2.24. The van der Waals surface area contributed by atoms with Crippen molar-refractivity contribution in [3.8, 4) is 0 Å². The minimum absolute atomic E-state index is 0.183. The number of carbonyl (C=O) groups excluding carboxylic acids is 1. The minimum atomic E-state index is -0.191. The van der Waals surface area contributed by atoms with Crippen molar-refractivity contribution in [2.75, 3.05) is 6.54 Å². The van der Waals surface area contributed by atoms with Crippen LogP contribution in [0.1, 0.15) is 34.2 Å². The first-order valence-corrected chi connectivity index (χ1v) is 7.52. The molecule has 0 fully saturated rings. The Kier molecular flexibility index (Phi) is 3.60. The molecule has 22 heavy (non-hydrogen) atoms. The molecule has 6 heteroatoms. The molecule has 0 atom stereocenters. The van der Waals surface area contributed by atoms with Gasteiger partial charge in [-0.3, -0.25) is 9.59 Å². The van der Waals surface area contributed by atoms with Crippen molar-refractivity contribution in [1.82, 2.24) is 19.0 Å². The summed E-state index contributed by atoms with van der Waals surface area (Å²) in [5.74, 6) is -0.183. The SMILES string of the molecule is CCn1c(C)cc(C)c(C(=O)N2CCn3cncc3C2)c1=O. The van der Waals surface area contributed by atoms with Gasteiger partial charge in [0.25, 0.3) is 11.5 Å². The van der Waals surface area contributed by atoms with Gasteiger partial charge >= 0.3 is 0 Å². The van der Waals surface area contributed by atoms with Gasteiger partial charge in [-0.05, 0) is 32.4 Å². The summed E-state index contributed by atoms with van der Waals surface area (Å²) in [6.07, 6.45) is 3.55. The van der Waals surface area contributed by atoms with Crippen LogP contribution in [-0.4, -0.2) is 31.5 Å². The molecular weight excluding hydrogens is 280 g/mol. The van der Waals surface area contributed by atoms with Gasteiger partial charge in [0.15, 0.2) is 0 Å². The molecule has 2 aromatic rings. The van der Waals surface area contributed by atoms with Gasteiger partial charge in [-0.25, -0.2) is 4.98 Å². The number of imidazole rings is 1. The Hall–Kier alpha value is -2.37. The Morgan fingerprint density at radius 1 is 1.32 bits per heavy atom. The van der Waals surface area contributed by atoms with Crippen molar-refractivity contribution in [2.24, 2.45) is 0 Å². The number of nitrogens with zero attached hydrogens (tertiary/aromatic N) is 4. The summed E-state index contributed by atoms with van der Waals surface area (Å²) in [7, 11) is 0. The fourth-order valence-electron chi connectivity index (χ4n) is 3.10. The quantitative estimate of drug-likeness (QED) is 0.841. The zero-order chi connectivity index (χ0) is 15.9. The summed E-state index contributed by atoms with van der Waals surface area (Å²) < 4.78 is 3.69. The summed E-state index contributed by atoms with van der Waals surface area (Å²) in [5.41, 5.74) is 2.74. The number of aromatic nitrogens is 3. The van der Waals surface area contributed by atoms with Gasteiger partial charge in [-0.2, -0.15) is 0 Å². The van der Waals surface area contributed by atoms with E-state index in [1.165, 1.54) is 0 Å². The molecule has 0 unspecified atom stereocenters. The van der Waals surface area contributed by atoms with Gasteiger partial charge in [0.1, 0.15) is 5.56 Å². The van der Waals surface area contributed by atoms with E-state index in [1.807, 2.05) is 31.4 Å². The van der Waals surface area contributed by atoms with Crippen molar-refractivity contribution < 1.29 is 4.79 Å². The fraction of sp³-hybridized carbons (Fsp3) is 0.438. The first kappa shape index (κ1) is 14.6. The number of fused-ring (bicyclic) bond motifs is 1. The van der Waals surface area contributed by atoms with Crippen LogP contribution in [0.15, 0.2) is 23.4 Å². The van der Waals surface area contributed by atoms with Gasteiger partial charge in [0.05, 0.1) is 18.6 Å². The van der Waals surface area contributed by atoms with Crippen molar-refractivity contribution >= 4 is 5.91 Å². The third-order valence-electron chi connectivity index (χ3n) is 4.28. The maximum Gasteiger partial charge on any atom is 0.263 e. The van der Waals surface area contributed by atoms with Crippen LogP contribution < -0.4 is 5.56 Å². The molecule has 2 aromatic heterocycles. The van der Waals surface area contributed by atoms with Crippen LogP contribution in [0.25, 0.3) is 0 Å². The van der Waals surface area contributed by atoms with E-state index in [2.05, 4.69) is 4.98 Å². The molecule has 0 aromatic carbocycles. The Balaban J connectivity index is 1.98. The number of amides is 1. The molecule has 1 aliphatic heterocycles. The highest BCUT2D eigenvalue weighted by Gasteiger charge is 2.26. The van der Waals surface area contributed by atoms with E-state index in [1.54, 1.807) is 22.0 Å². The number of pyridine rings is 1. The van der Waals surface area contributed by atoms with Gasteiger partial charge in [-0.15, -0.1) is 0 Å². The van der Waals surface area contributed by atoms with Crippen LogP contribution >= 0.6 is 0 Å². The van der Waals surface area contributed by atoms with E-state index in [9.17, 15) is 9.59 Å². The topological polar surface area (TPSA) is 60.1 Å². The number of aryl methyl sites for hydroxylation is 2. The molecule has 1 amide bonds. The monoisotopic (exact) mass is 300 g/mol. The molecule has 0 saturated carbocycles. The molecule has 3 heterocycles. The zero-order valence-electron chi connectivity index (χ0n) is 13.2. The maximum absolute atomic E-state index is 12.8. The number of hydrogen-bond acceptors (Lipinski definition) is 3. The Morgan fingerprint density at radius 3 is 2.82 bits per heavy atom. The lowest BCUT2D eigenvalue weighted by molar-refractivity contribution is 0.0708. The molecular formula is C16H20N4O2. The average Bonchev–Trinajstić information content (AvgIpc) is 2.94. The summed E-state index contributed by atoms with van der Waals surface area (Å²) in [6, 6.07) is 1.91. The van der Waals surface area contributed by atoms with Crippen molar-refractivity contribution in [3.63, 3.8) is 0 Å². The van der Waals surface area contributed by atoms with Crippen LogP contribution in [-0.2, 0) is 19.6 Å². The second-order valence-corrected chi connectivity index (χ2v) is 5.70. The second-order valence-electron chi connectivity index (χ2n) is 5.70. The molecule has 0 bridgehead atoms. The average molecular weight is 300 g/mol. The predicted molar refractivity (Wildman–Crippen MR) is 82.8 cm³/mol. The molecule has 0 radical (unpaired) electrons. The van der Waals surface area contributed by atoms with Crippen molar-refractivity contribution in [1.29, 1.82) is 0 Å². The Morgan fingerprint density at radius 2 is 2.09 bits per heavy atom. The molecule has 0 saturated heterocycles. The number of rotatable bonds is 2. The first-order chi connectivity index (χ1) is 10.5. The van der Waals surface area contributed by atoms with Crippen LogP contribution in [0.4, 0.5) is 0 Å². The zero-order valence-corrected chi connectivity index (χ0v) is 13.2. The molecule has 116 valence electrons. The van der Waals surface area contributed by atoms with Gasteiger partial charge in [-0.1, -0.05) is 0 Å². The second kappa shape index (κ2) is 5.44. The van der Waals surface area contributed by atoms with Gasteiger partial charge < -0.3 is 14.0 Å². The van der Waals surface area contributed by atoms with E-state index < -0.39 is 0 Å². The van der Waals surface area contributed by atoms with Gasteiger partial charge in [0.2, 0.25) is 0 Å². The number of hydrogen-bond donors (Lipinski definition) is 0. The van der Waals surface area contributed by atoms with E-state index in [-0.39, 0.29) is 11.5 Å². The Labute approximate surface area is 129 Å². The lowest BCUT2D eigenvalue weighted by Gasteiger charge is -2.28. The summed E-state index contributed by atoms with van der Waals surface area (Å²) in [4.78, 5) is 31.3. The largest absolute Gasteiger partial charge is 0.331 e. The maximum atomic E-state index is 12.8. The minimum Gasteiger partial charge on any atom is -0.331 e. The standard InChI is InChI=1S/C16H20N4O2/c1-4-20-12(3)7-11(2)14(16(20)22)15(21)18-5-6-19-10-17-8-13(19)9-18/h7-8,10H,4-6,9H2,1-3H3. The molecule has 1 aliphatic rings. The fourth-order valence-corrected chi connectivity index (χ4v) is 3.10. The molecule has 0 N–H and O–H groups in total. The van der Waals surface area contributed by atoms with Crippen LogP contribution in [0.5, 0.6) is 0 Å². The molecule has 0 aliphatic carbocycles. The lowest BCUT2D eigenvalue weighted by Crippen LogP contribution is -2.41. The van der Waals surface area contributed by atoms with E-state index >= 15 is 0 Å². The van der Waals surface area contributed by atoms with E-state index in [4.69, 9.17) is 0 Å². The highest BCUT2D eigenvalue weighted by molar-refractivity contribution is 5.95. The van der Waals surface area contributed by atoms with Crippen LogP contribution in [0.2, 0.25) is 0 Å². The van der Waals surface area contributed by atoms with E-state index in [0.29, 0.717) is 31.7 Å². The summed E-state index contributed by atoms with van der Waals surface area (Å²) in [6.45, 7) is 8.02. The first-order valence-electron chi connectivity index (χ1n) is 7.52. The molecule has 6 nitrogen and oxygen atoms in total. The van der Waals surface area contributed by atoms with Crippen molar-refractivity contribution in [2.45, 2.75) is 40.4 Å². The van der Waals surface area contributed by atoms with E-state index in [0.717, 1.165) is 17.0 Å². The van der Waals surface area contributed by atoms with Gasteiger partial charge in [0, 0.05) is 31.5 Å². The van der Waals surface area contributed by atoms with Crippen LogP contribution in [0, 0.1) is 13.8 Å². The molecule has 3 rings (SSSR count). The predicted octanol–water partition coefficient (Wildman–Crippen LogP) is 1.34. The highest BCUT2D eigenvalue weighted by Crippen LogP contribution is 2.16. The van der Waals surface area contributed by atoms with Crippen molar-refractivity contribution in [3.05, 3.63) is 51.5 Å². The highest BCUT2D eigenvalue weighted by atomic mass is 16.2. The Bertz CT molecular complexity index is 788. The smallest absolute Gasteiger partial charge is 0.263 e. The number of carbonyl (C=O) groups is 1. The lowest BCUT2D eigenvalue weighted by atomic mass is 10.1. The third-order valence-corrected chi connectivity index (χ3v) is 4.28. The summed E-state index contributed by atoms with van der Waals surface area (Å²) >= 11 is 0. The normalized spacial score (nSPS) is 14.0. The van der Waals surface area contributed by atoms with Crippen LogP contribution in [0.3, 0.4) is 0 Å². The molecule has 0 spiro atoms. The summed E-state index contributed by atoms with van der Waals surface area (Å²) in [5, 5.41) is 0.